The minimum absolute atomic E-state index is 0.589. The third-order valence-corrected chi connectivity index (χ3v) is 3.30. The van der Waals surface area contributed by atoms with Crippen molar-refractivity contribution in [1.29, 1.82) is 0 Å². The summed E-state index contributed by atoms with van der Waals surface area (Å²) in [6, 6.07) is 0. The number of hydrogen-bond acceptors (Lipinski definition) is 1. The molecule has 0 N–H and O–H groups in total. The van der Waals surface area contributed by atoms with Crippen molar-refractivity contribution < 1.29 is 0 Å². The first-order chi connectivity index (χ1) is 5.65. The van der Waals surface area contributed by atoms with Gasteiger partial charge in [0.15, 0.2) is 0 Å². The molecule has 0 amide bonds. The summed E-state index contributed by atoms with van der Waals surface area (Å²) < 4.78 is 0. The standard InChI is InChI=1S/C11H20S/c1-6-9(3)10(4)8-11(7-2)12-5/h7,11H,2,6,8H2,1,3-5H3/b10-9+. The molecule has 1 atom stereocenters. The van der Waals surface area contributed by atoms with Gasteiger partial charge in [0.2, 0.25) is 0 Å². The first kappa shape index (κ1) is 11.8. The Bertz CT molecular complexity index is 168. The molecule has 0 aliphatic carbocycles. The second-order valence-corrected chi connectivity index (χ2v) is 4.21. The van der Waals surface area contributed by atoms with Crippen molar-refractivity contribution in [1.82, 2.24) is 0 Å². The van der Waals surface area contributed by atoms with Gasteiger partial charge in [0.25, 0.3) is 0 Å². The van der Waals surface area contributed by atoms with Crippen molar-refractivity contribution in [3.8, 4) is 0 Å². The van der Waals surface area contributed by atoms with E-state index in [1.165, 1.54) is 17.6 Å². The summed E-state index contributed by atoms with van der Waals surface area (Å²) in [6.07, 6.45) is 6.51. The number of rotatable bonds is 5. The average molecular weight is 184 g/mol. The van der Waals surface area contributed by atoms with Crippen LogP contribution in [0.1, 0.15) is 33.6 Å². The van der Waals surface area contributed by atoms with Gasteiger partial charge in [0.05, 0.1) is 0 Å². The van der Waals surface area contributed by atoms with E-state index in [1.54, 1.807) is 0 Å². The van der Waals surface area contributed by atoms with Crippen LogP contribution in [0.25, 0.3) is 0 Å². The van der Waals surface area contributed by atoms with E-state index >= 15 is 0 Å². The normalized spacial score (nSPS) is 15.3. The smallest absolute Gasteiger partial charge is 0.0258 e. The van der Waals surface area contributed by atoms with E-state index in [4.69, 9.17) is 0 Å². The van der Waals surface area contributed by atoms with Crippen LogP contribution in [0, 0.1) is 0 Å². The minimum Gasteiger partial charge on any atom is -0.158 e. The fourth-order valence-corrected chi connectivity index (χ4v) is 1.65. The summed E-state index contributed by atoms with van der Waals surface area (Å²) in [5.41, 5.74) is 3.05. The van der Waals surface area contributed by atoms with Crippen molar-refractivity contribution in [3.63, 3.8) is 0 Å². The molecule has 1 unspecified atom stereocenters. The molecule has 0 saturated heterocycles. The first-order valence-corrected chi connectivity index (χ1v) is 5.75. The molecule has 0 spiro atoms. The van der Waals surface area contributed by atoms with Gasteiger partial charge < -0.3 is 0 Å². The highest BCUT2D eigenvalue weighted by atomic mass is 32.2. The van der Waals surface area contributed by atoms with Gasteiger partial charge in [0, 0.05) is 5.25 Å². The van der Waals surface area contributed by atoms with E-state index < -0.39 is 0 Å². The van der Waals surface area contributed by atoms with Crippen molar-refractivity contribution in [2.45, 2.75) is 38.9 Å². The maximum atomic E-state index is 3.83. The maximum absolute atomic E-state index is 3.83. The Kier molecular flexibility index (Phi) is 6.27. The van der Waals surface area contributed by atoms with Crippen molar-refractivity contribution in [2.24, 2.45) is 0 Å². The Morgan fingerprint density at radius 1 is 1.42 bits per heavy atom. The Hall–Kier alpha value is -0.170. The van der Waals surface area contributed by atoms with Crippen molar-refractivity contribution in [3.05, 3.63) is 23.8 Å². The second-order valence-electron chi connectivity index (χ2n) is 3.13. The lowest BCUT2D eigenvalue weighted by molar-refractivity contribution is 0.939. The van der Waals surface area contributed by atoms with Gasteiger partial charge in [0.1, 0.15) is 0 Å². The zero-order chi connectivity index (χ0) is 9.56. The molecule has 0 radical (unpaired) electrons. The predicted octanol–water partition coefficient (Wildman–Crippen LogP) is 4.04. The topological polar surface area (TPSA) is 0 Å². The fraction of sp³-hybridized carbons (Fsp3) is 0.636. The number of hydrogen-bond donors (Lipinski definition) is 0. The SMILES string of the molecule is C=CC(C/C(C)=C(\C)CC)SC. The molecule has 1 heteroatoms. The Balaban J connectivity index is 4.14. The van der Waals surface area contributed by atoms with Crippen LogP contribution in [0.3, 0.4) is 0 Å². The number of allylic oxidation sites excluding steroid dienone is 2. The van der Waals surface area contributed by atoms with E-state index in [-0.39, 0.29) is 0 Å². The van der Waals surface area contributed by atoms with Gasteiger partial charge in [-0.1, -0.05) is 24.1 Å². The molecule has 0 rings (SSSR count). The Labute approximate surface area is 81.1 Å². The molecule has 0 aromatic heterocycles. The average Bonchev–Trinajstić information content (AvgIpc) is 2.12. The summed E-state index contributed by atoms with van der Waals surface area (Å²) in [4.78, 5) is 0. The lowest BCUT2D eigenvalue weighted by atomic mass is 10.0. The van der Waals surface area contributed by atoms with Gasteiger partial charge in [-0.3, -0.25) is 0 Å². The first-order valence-electron chi connectivity index (χ1n) is 4.46. The Morgan fingerprint density at radius 3 is 2.33 bits per heavy atom. The molecular formula is C11H20S. The van der Waals surface area contributed by atoms with Crippen molar-refractivity contribution in [2.75, 3.05) is 6.26 Å². The van der Waals surface area contributed by atoms with Gasteiger partial charge >= 0.3 is 0 Å². The third-order valence-electron chi connectivity index (χ3n) is 2.33. The zero-order valence-corrected chi connectivity index (χ0v) is 9.50. The van der Waals surface area contributed by atoms with Crippen LogP contribution >= 0.6 is 11.8 Å². The fourth-order valence-electron chi connectivity index (χ4n) is 1.04. The molecule has 0 aromatic rings. The van der Waals surface area contributed by atoms with E-state index in [1.807, 2.05) is 17.8 Å². The maximum Gasteiger partial charge on any atom is 0.0258 e. The minimum atomic E-state index is 0.589. The molecule has 0 heterocycles. The lowest BCUT2D eigenvalue weighted by Gasteiger charge is -2.11. The van der Waals surface area contributed by atoms with Crippen LogP contribution in [-0.2, 0) is 0 Å². The molecule has 0 aliphatic rings. The molecule has 0 aromatic carbocycles. The molecule has 70 valence electrons. The van der Waals surface area contributed by atoms with Crippen molar-refractivity contribution >= 4 is 11.8 Å². The van der Waals surface area contributed by atoms with E-state index in [0.29, 0.717) is 5.25 Å². The summed E-state index contributed by atoms with van der Waals surface area (Å²) in [7, 11) is 0. The Morgan fingerprint density at radius 2 is 2.00 bits per heavy atom. The molecule has 12 heavy (non-hydrogen) atoms. The van der Waals surface area contributed by atoms with Gasteiger partial charge in [-0.15, -0.1) is 6.58 Å². The zero-order valence-electron chi connectivity index (χ0n) is 8.68. The van der Waals surface area contributed by atoms with E-state index in [0.717, 1.165) is 6.42 Å². The van der Waals surface area contributed by atoms with Gasteiger partial charge in [-0.05, 0) is 32.9 Å². The van der Waals surface area contributed by atoms with Crippen LogP contribution in [0.5, 0.6) is 0 Å². The van der Waals surface area contributed by atoms with E-state index in [2.05, 4.69) is 33.6 Å². The molecular weight excluding hydrogens is 164 g/mol. The largest absolute Gasteiger partial charge is 0.158 e. The monoisotopic (exact) mass is 184 g/mol. The molecule has 0 nitrogen and oxygen atoms in total. The van der Waals surface area contributed by atoms with Gasteiger partial charge in [-0.2, -0.15) is 11.8 Å². The molecule has 0 aliphatic heterocycles. The van der Waals surface area contributed by atoms with E-state index in [9.17, 15) is 0 Å². The highest BCUT2D eigenvalue weighted by molar-refractivity contribution is 7.99. The summed E-state index contributed by atoms with van der Waals surface area (Å²) in [6.45, 7) is 10.5. The summed E-state index contributed by atoms with van der Waals surface area (Å²) >= 11 is 1.87. The van der Waals surface area contributed by atoms with Gasteiger partial charge in [-0.25, -0.2) is 0 Å². The number of thioether (sulfide) groups is 1. The van der Waals surface area contributed by atoms with Crippen LogP contribution < -0.4 is 0 Å². The molecule has 0 fully saturated rings. The van der Waals surface area contributed by atoms with Crippen LogP contribution in [0.15, 0.2) is 23.8 Å². The molecule has 0 bridgehead atoms. The van der Waals surface area contributed by atoms with Crippen LogP contribution in [0.4, 0.5) is 0 Å². The lowest BCUT2D eigenvalue weighted by Crippen LogP contribution is -1.98. The predicted molar refractivity (Wildman–Crippen MR) is 60.8 cm³/mol. The molecule has 0 saturated carbocycles. The second kappa shape index (κ2) is 6.36. The quantitative estimate of drug-likeness (QED) is 0.581. The third kappa shape index (κ3) is 4.01. The van der Waals surface area contributed by atoms with Crippen LogP contribution in [0.2, 0.25) is 0 Å². The van der Waals surface area contributed by atoms with Crippen LogP contribution in [-0.4, -0.2) is 11.5 Å². The summed E-state index contributed by atoms with van der Waals surface area (Å²) in [5, 5.41) is 0.589. The highest BCUT2D eigenvalue weighted by Crippen LogP contribution is 2.20. The summed E-state index contributed by atoms with van der Waals surface area (Å²) in [5.74, 6) is 0. The highest BCUT2D eigenvalue weighted by Gasteiger charge is 2.03.